The van der Waals surface area contributed by atoms with Crippen LogP contribution in [0.4, 0.5) is 0 Å². The van der Waals surface area contributed by atoms with Crippen LogP contribution in [0.3, 0.4) is 0 Å². The van der Waals surface area contributed by atoms with Crippen LogP contribution < -0.4 is 0 Å². The molecule has 2 aliphatic rings. The standard InChI is InChI=1S/C18H25NO4/c1-12-3-4-13(2)14(9-12)17(22)19-7-5-18(6-8-19)10-15(20)16(21)11-23-18/h3-4,9,15-16,20-21H,5-8,10-11H2,1-2H3/t15-,16+/m1/s1. The number of rotatable bonds is 1. The predicted molar refractivity (Wildman–Crippen MR) is 86.4 cm³/mol. The molecule has 0 aliphatic carbocycles. The molecule has 2 heterocycles. The lowest BCUT2D eigenvalue weighted by Crippen LogP contribution is -2.55. The summed E-state index contributed by atoms with van der Waals surface area (Å²) in [4.78, 5) is 14.6. The van der Waals surface area contributed by atoms with Gasteiger partial charge in [0.05, 0.1) is 18.3 Å². The van der Waals surface area contributed by atoms with E-state index in [-0.39, 0.29) is 12.5 Å². The molecule has 2 saturated heterocycles. The lowest BCUT2D eigenvalue weighted by atomic mass is 9.82. The highest BCUT2D eigenvalue weighted by Gasteiger charge is 2.43. The molecule has 2 fully saturated rings. The largest absolute Gasteiger partial charge is 0.390 e. The summed E-state index contributed by atoms with van der Waals surface area (Å²) in [6.45, 7) is 5.36. The minimum absolute atomic E-state index is 0.0671. The van der Waals surface area contributed by atoms with E-state index in [9.17, 15) is 15.0 Å². The Morgan fingerprint density at radius 2 is 1.91 bits per heavy atom. The number of benzene rings is 1. The van der Waals surface area contributed by atoms with E-state index < -0.39 is 17.8 Å². The first-order valence-corrected chi connectivity index (χ1v) is 8.27. The van der Waals surface area contributed by atoms with Gasteiger partial charge in [0.2, 0.25) is 0 Å². The lowest BCUT2D eigenvalue weighted by Gasteiger charge is -2.46. The fourth-order valence-electron chi connectivity index (χ4n) is 3.55. The average Bonchev–Trinajstić information content (AvgIpc) is 2.54. The first-order valence-electron chi connectivity index (χ1n) is 8.27. The molecule has 2 N–H and O–H groups in total. The van der Waals surface area contributed by atoms with Gasteiger partial charge in [-0.25, -0.2) is 0 Å². The van der Waals surface area contributed by atoms with Crippen LogP contribution in [0.5, 0.6) is 0 Å². The van der Waals surface area contributed by atoms with Crippen LogP contribution in [-0.4, -0.2) is 58.5 Å². The van der Waals surface area contributed by atoms with Crippen molar-refractivity contribution in [3.05, 3.63) is 34.9 Å². The summed E-state index contributed by atoms with van der Waals surface area (Å²) >= 11 is 0. The number of carbonyl (C=O) groups excluding carboxylic acids is 1. The molecule has 0 bridgehead atoms. The lowest BCUT2D eigenvalue weighted by molar-refractivity contribution is -0.185. The second-order valence-corrected chi connectivity index (χ2v) is 6.94. The maximum atomic E-state index is 12.8. The van der Waals surface area contributed by atoms with Crippen molar-refractivity contribution >= 4 is 5.91 Å². The maximum Gasteiger partial charge on any atom is 0.254 e. The number of carbonyl (C=O) groups is 1. The predicted octanol–water partition coefficient (Wildman–Crippen LogP) is 1.42. The van der Waals surface area contributed by atoms with Gasteiger partial charge in [-0.3, -0.25) is 4.79 Å². The number of hydrogen-bond donors (Lipinski definition) is 2. The van der Waals surface area contributed by atoms with Crippen LogP contribution in [-0.2, 0) is 4.74 Å². The summed E-state index contributed by atoms with van der Waals surface area (Å²) in [5.74, 6) is 0.0671. The van der Waals surface area contributed by atoms with Crippen LogP contribution in [0.25, 0.3) is 0 Å². The molecule has 2 atom stereocenters. The molecule has 1 aromatic rings. The Hall–Kier alpha value is -1.43. The smallest absolute Gasteiger partial charge is 0.254 e. The van der Waals surface area contributed by atoms with Crippen molar-refractivity contribution in [3.63, 3.8) is 0 Å². The number of nitrogens with zero attached hydrogens (tertiary/aromatic N) is 1. The highest BCUT2D eigenvalue weighted by Crippen LogP contribution is 2.35. The molecule has 5 heteroatoms. The van der Waals surface area contributed by atoms with Gasteiger partial charge in [-0.1, -0.05) is 17.7 Å². The Kier molecular flexibility index (Phi) is 4.45. The Labute approximate surface area is 136 Å². The quantitative estimate of drug-likeness (QED) is 0.821. The summed E-state index contributed by atoms with van der Waals surface area (Å²) in [6, 6.07) is 5.94. The van der Waals surface area contributed by atoms with Crippen molar-refractivity contribution in [3.8, 4) is 0 Å². The Morgan fingerprint density at radius 3 is 2.57 bits per heavy atom. The molecule has 0 aromatic heterocycles. The van der Waals surface area contributed by atoms with E-state index in [4.69, 9.17) is 4.74 Å². The van der Waals surface area contributed by atoms with E-state index >= 15 is 0 Å². The molecule has 3 rings (SSSR count). The first kappa shape index (κ1) is 16.4. The number of aliphatic hydroxyl groups is 2. The average molecular weight is 319 g/mol. The summed E-state index contributed by atoms with van der Waals surface area (Å²) in [5.41, 5.74) is 2.45. The number of likely N-dealkylation sites (tertiary alicyclic amines) is 1. The van der Waals surface area contributed by atoms with E-state index in [1.165, 1.54) is 0 Å². The fourth-order valence-corrected chi connectivity index (χ4v) is 3.55. The topological polar surface area (TPSA) is 70.0 Å². The van der Waals surface area contributed by atoms with Crippen LogP contribution in [0.2, 0.25) is 0 Å². The third-order valence-electron chi connectivity index (χ3n) is 5.17. The zero-order valence-electron chi connectivity index (χ0n) is 13.8. The second-order valence-electron chi connectivity index (χ2n) is 6.94. The van der Waals surface area contributed by atoms with Crippen molar-refractivity contribution in [2.75, 3.05) is 19.7 Å². The van der Waals surface area contributed by atoms with Crippen LogP contribution in [0.15, 0.2) is 18.2 Å². The van der Waals surface area contributed by atoms with Crippen molar-refractivity contribution in [2.24, 2.45) is 0 Å². The maximum absolute atomic E-state index is 12.8. The SMILES string of the molecule is Cc1ccc(C)c(C(=O)N2CCC3(CC2)C[C@@H](O)[C@@H](O)CO3)c1. The van der Waals surface area contributed by atoms with Crippen LogP contribution in [0, 0.1) is 13.8 Å². The van der Waals surface area contributed by atoms with Gasteiger partial charge in [-0.2, -0.15) is 0 Å². The molecule has 2 aliphatic heterocycles. The summed E-state index contributed by atoms with van der Waals surface area (Å²) < 4.78 is 5.82. The van der Waals surface area contributed by atoms with E-state index in [1.54, 1.807) is 0 Å². The number of hydrogen-bond acceptors (Lipinski definition) is 4. The summed E-state index contributed by atoms with van der Waals surface area (Å²) in [7, 11) is 0. The molecule has 126 valence electrons. The highest BCUT2D eigenvalue weighted by molar-refractivity contribution is 5.95. The second kappa shape index (κ2) is 6.23. The van der Waals surface area contributed by atoms with E-state index in [0.717, 1.165) is 16.7 Å². The fraction of sp³-hybridized carbons (Fsp3) is 0.611. The number of aliphatic hydroxyl groups excluding tert-OH is 2. The zero-order valence-corrected chi connectivity index (χ0v) is 13.8. The molecule has 23 heavy (non-hydrogen) atoms. The first-order chi connectivity index (χ1) is 10.9. The van der Waals surface area contributed by atoms with Gasteiger partial charge in [0.1, 0.15) is 6.10 Å². The van der Waals surface area contributed by atoms with E-state index in [2.05, 4.69) is 0 Å². The Balaban J connectivity index is 1.67. The molecule has 0 saturated carbocycles. The monoisotopic (exact) mass is 319 g/mol. The molecular weight excluding hydrogens is 294 g/mol. The molecule has 0 unspecified atom stereocenters. The van der Waals surface area contributed by atoms with Gasteiger partial charge in [0.25, 0.3) is 5.91 Å². The minimum atomic E-state index is -0.796. The zero-order chi connectivity index (χ0) is 16.6. The number of ether oxygens (including phenoxy) is 1. The van der Waals surface area contributed by atoms with Crippen molar-refractivity contribution in [1.82, 2.24) is 4.90 Å². The summed E-state index contributed by atoms with van der Waals surface area (Å²) in [5, 5.41) is 19.5. The van der Waals surface area contributed by atoms with E-state index in [0.29, 0.717) is 32.4 Å². The van der Waals surface area contributed by atoms with Gasteiger partial charge >= 0.3 is 0 Å². The van der Waals surface area contributed by atoms with Crippen molar-refractivity contribution < 1.29 is 19.7 Å². The normalized spacial score (nSPS) is 27.2. The minimum Gasteiger partial charge on any atom is -0.390 e. The molecule has 1 amide bonds. The summed E-state index contributed by atoms with van der Waals surface area (Å²) in [6.07, 6.45) is 0.320. The molecule has 1 aromatic carbocycles. The van der Waals surface area contributed by atoms with Gasteiger partial charge in [0.15, 0.2) is 0 Å². The van der Waals surface area contributed by atoms with E-state index in [1.807, 2.05) is 36.9 Å². The van der Waals surface area contributed by atoms with Gasteiger partial charge in [-0.15, -0.1) is 0 Å². The van der Waals surface area contributed by atoms with Gasteiger partial charge < -0.3 is 19.8 Å². The third kappa shape index (κ3) is 3.27. The van der Waals surface area contributed by atoms with Crippen molar-refractivity contribution in [2.45, 2.75) is 50.9 Å². The molecule has 5 nitrogen and oxygen atoms in total. The van der Waals surface area contributed by atoms with Crippen LogP contribution in [0.1, 0.15) is 40.7 Å². The number of piperidine rings is 1. The Bertz CT molecular complexity index is 593. The third-order valence-corrected chi connectivity index (χ3v) is 5.17. The van der Waals surface area contributed by atoms with Crippen LogP contribution >= 0.6 is 0 Å². The Morgan fingerprint density at radius 1 is 1.22 bits per heavy atom. The van der Waals surface area contributed by atoms with Gasteiger partial charge in [-0.05, 0) is 38.3 Å². The number of amides is 1. The molecule has 0 radical (unpaired) electrons. The van der Waals surface area contributed by atoms with Crippen molar-refractivity contribution in [1.29, 1.82) is 0 Å². The molecular formula is C18H25NO4. The highest BCUT2D eigenvalue weighted by atomic mass is 16.5. The number of aryl methyl sites for hydroxylation is 2. The van der Waals surface area contributed by atoms with Gasteiger partial charge in [0, 0.05) is 25.1 Å². The molecule has 1 spiro atoms.